The summed E-state index contributed by atoms with van der Waals surface area (Å²) in [4.78, 5) is 38.5. The second-order valence-electron chi connectivity index (χ2n) is 5.69. The Labute approximate surface area is 123 Å². The summed E-state index contributed by atoms with van der Waals surface area (Å²) in [7, 11) is 1.35. The summed E-state index contributed by atoms with van der Waals surface area (Å²) < 4.78 is 5.10. The van der Waals surface area contributed by atoms with Gasteiger partial charge in [-0.15, -0.1) is 0 Å². The first-order valence-corrected chi connectivity index (χ1v) is 7.32. The smallest absolute Gasteiger partial charge is 0.337 e. The summed E-state index contributed by atoms with van der Waals surface area (Å²) in [6.07, 6.45) is 3.56. The lowest BCUT2D eigenvalue weighted by Gasteiger charge is -2.25. The van der Waals surface area contributed by atoms with E-state index in [1.807, 2.05) is 0 Å². The quantitative estimate of drug-likeness (QED) is 0.795. The van der Waals surface area contributed by atoms with Crippen LogP contribution >= 0.6 is 0 Å². The number of methoxy groups -OCH3 is 1. The molecule has 0 bridgehead atoms. The highest BCUT2D eigenvalue weighted by Crippen LogP contribution is 2.25. The van der Waals surface area contributed by atoms with Gasteiger partial charge in [0.2, 0.25) is 11.8 Å². The maximum atomic E-state index is 12.3. The number of aliphatic carboxylic acids is 1. The molecular weight excluding hydrogens is 276 g/mol. The first kappa shape index (κ1) is 15.8. The molecule has 2 aliphatic rings. The number of rotatable bonds is 4. The molecule has 1 unspecified atom stereocenters. The Hall–Kier alpha value is -1.63. The van der Waals surface area contributed by atoms with Gasteiger partial charge in [-0.25, -0.2) is 4.79 Å². The fourth-order valence-electron chi connectivity index (χ4n) is 2.89. The SMILES string of the molecule is COC1(C(=O)O)CCN(C(=O)CN2CCCCCC2=O)C1. The van der Waals surface area contributed by atoms with E-state index in [0.29, 0.717) is 19.5 Å². The van der Waals surface area contributed by atoms with Gasteiger partial charge in [0, 0.05) is 33.0 Å². The molecule has 0 aromatic rings. The lowest BCUT2D eigenvalue weighted by atomic mass is 10.0. The van der Waals surface area contributed by atoms with E-state index in [0.717, 1.165) is 19.3 Å². The zero-order chi connectivity index (χ0) is 15.5. The molecular formula is C14H22N2O5. The summed E-state index contributed by atoms with van der Waals surface area (Å²) >= 11 is 0. The Morgan fingerprint density at radius 2 is 2.05 bits per heavy atom. The zero-order valence-electron chi connectivity index (χ0n) is 12.3. The summed E-state index contributed by atoms with van der Waals surface area (Å²) in [6.45, 7) is 1.03. The Morgan fingerprint density at radius 3 is 2.67 bits per heavy atom. The van der Waals surface area contributed by atoms with Crippen molar-refractivity contribution in [1.82, 2.24) is 9.80 Å². The molecule has 7 heteroatoms. The maximum Gasteiger partial charge on any atom is 0.337 e. The molecule has 7 nitrogen and oxygen atoms in total. The van der Waals surface area contributed by atoms with Crippen LogP contribution in [0.25, 0.3) is 0 Å². The third-order valence-electron chi connectivity index (χ3n) is 4.36. The minimum Gasteiger partial charge on any atom is -0.479 e. The maximum absolute atomic E-state index is 12.3. The first-order valence-electron chi connectivity index (χ1n) is 7.32. The number of hydrogen-bond acceptors (Lipinski definition) is 4. The van der Waals surface area contributed by atoms with Gasteiger partial charge >= 0.3 is 5.97 Å². The molecule has 21 heavy (non-hydrogen) atoms. The molecule has 0 aromatic heterocycles. The van der Waals surface area contributed by atoms with Crippen molar-refractivity contribution in [3.63, 3.8) is 0 Å². The number of carbonyl (C=O) groups is 3. The Morgan fingerprint density at radius 1 is 1.29 bits per heavy atom. The van der Waals surface area contributed by atoms with Gasteiger partial charge in [-0.3, -0.25) is 9.59 Å². The topological polar surface area (TPSA) is 87.2 Å². The van der Waals surface area contributed by atoms with Crippen molar-refractivity contribution in [1.29, 1.82) is 0 Å². The van der Waals surface area contributed by atoms with Crippen LogP contribution in [-0.2, 0) is 19.1 Å². The van der Waals surface area contributed by atoms with Crippen molar-refractivity contribution in [2.45, 2.75) is 37.7 Å². The summed E-state index contributed by atoms with van der Waals surface area (Å²) in [5, 5.41) is 9.24. The van der Waals surface area contributed by atoms with Gasteiger partial charge in [0.15, 0.2) is 5.60 Å². The summed E-state index contributed by atoms with van der Waals surface area (Å²) in [6, 6.07) is 0. The van der Waals surface area contributed by atoms with Crippen LogP contribution in [-0.4, -0.2) is 71.6 Å². The minimum atomic E-state index is -1.31. The second kappa shape index (κ2) is 6.43. The average Bonchev–Trinajstić information content (AvgIpc) is 2.82. The van der Waals surface area contributed by atoms with E-state index in [9.17, 15) is 19.5 Å². The lowest BCUT2D eigenvalue weighted by molar-refractivity contribution is -0.161. The van der Waals surface area contributed by atoms with Crippen molar-refractivity contribution in [2.75, 3.05) is 33.3 Å². The van der Waals surface area contributed by atoms with Crippen molar-refractivity contribution < 1.29 is 24.2 Å². The van der Waals surface area contributed by atoms with Crippen molar-refractivity contribution in [3.05, 3.63) is 0 Å². The fourth-order valence-corrected chi connectivity index (χ4v) is 2.89. The predicted octanol–water partition coefficient (Wildman–Crippen LogP) is 0.0911. The van der Waals surface area contributed by atoms with Crippen LogP contribution in [0.5, 0.6) is 0 Å². The van der Waals surface area contributed by atoms with Gasteiger partial charge in [0.1, 0.15) is 0 Å². The molecule has 0 aromatic carbocycles. The monoisotopic (exact) mass is 298 g/mol. The van der Waals surface area contributed by atoms with E-state index in [4.69, 9.17) is 4.74 Å². The molecule has 2 fully saturated rings. The van der Waals surface area contributed by atoms with Crippen LogP contribution in [0.1, 0.15) is 32.1 Å². The molecule has 0 spiro atoms. The predicted molar refractivity (Wildman–Crippen MR) is 73.6 cm³/mol. The van der Waals surface area contributed by atoms with Crippen molar-refractivity contribution >= 4 is 17.8 Å². The standard InChI is InChI=1S/C14H22N2O5/c1-21-14(13(19)20)6-8-16(10-14)12(18)9-15-7-4-2-3-5-11(15)17/h2-10H2,1H3,(H,19,20). The highest BCUT2D eigenvalue weighted by Gasteiger charge is 2.46. The molecule has 2 amide bonds. The van der Waals surface area contributed by atoms with Crippen molar-refractivity contribution in [3.8, 4) is 0 Å². The number of amides is 2. The fraction of sp³-hybridized carbons (Fsp3) is 0.786. The number of ether oxygens (including phenoxy) is 1. The minimum absolute atomic E-state index is 0.0105. The molecule has 2 saturated heterocycles. The molecule has 0 radical (unpaired) electrons. The van der Waals surface area contributed by atoms with Crippen LogP contribution in [0.3, 0.4) is 0 Å². The van der Waals surface area contributed by atoms with E-state index < -0.39 is 11.6 Å². The van der Waals surface area contributed by atoms with Gasteiger partial charge in [0.05, 0.1) is 13.1 Å². The normalized spacial score (nSPS) is 26.8. The van der Waals surface area contributed by atoms with Gasteiger partial charge in [0.25, 0.3) is 0 Å². The lowest BCUT2D eigenvalue weighted by Crippen LogP contribution is -2.47. The third-order valence-corrected chi connectivity index (χ3v) is 4.36. The van der Waals surface area contributed by atoms with Crippen LogP contribution in [0.15, 0.2) is 0 Å². The Kier molecular flexibility index (Phi) is 4.82. The van der Waals surface area contributed by atoms with Crippen LogP contribution in [0, 0.1) is 0 Å². The van der Waals surface area contributed by atoms with Crippen LogP contribution < -0.4 is 0 Å². The highest BCUT2D eigenvalue weighted by molar-refractivity contribution is 5.86. The zero-order valence-corrected chi connectivity index (χ0v) is 12.3. The number of carbonyl (C=O) groups excluding carboxylic acids is 2. The second-order valence-corrected chi connectivity index (χ2v) is 5.69. The molecule has 118 valence electrons. The molecule has 0 aliphatic carbocycles. The Balaban J connectivity index is 1.95. The van der Waals surface area contributed by atoms with Gasteiger partial charge in [-0.2, -0.15) is 0 Å². The molecule has 0 saturated carbocycles. The number of nitrogens with zero attached hydrogens (tertiary/aromatic N) is 2. The Bertz CT molecular complexity index is 439. The number of hydrogen-bond donors (Lipinski definition) is 1. The van der Waals surface area contributed by atoms with E-state index in [1.165, 1.54) is 12.0 Å². The molecule has 2 aliphatic heterocycles. The number of carboxylic acids is 1. The van der Waals surface area contributed by atoms with Crippen LogP contribution in [0.2, 0.25) is 0 Å². The summed E-state index contributed by atoms with van der Waals surface area (Å²) in [5.41, 5.74) is -1.31. The van der Waals surface area contributed by atoms with E-state index in [2.05, 4.69) is 0 Å². The van der Waals surface area contributed by atoms with Gasteiger partial charge in [-0.05, 0) is 12.8 Å². The van der Waals surface area contributed by atoms with Gasteiger partial charge in [-0.1, -0.05) is 6.42 Å². The van der Waals surface area contributed by atoms with Gasteiger partial charge < -0.3 is 19.6 Å². The van der Waals surface area contributed by atoms with Crippen molar-refractivity contribution in [2.24, 2.45) is 0 Å². The highest BCUT2D eigenvalue weighted by atomic mass is 16.5. The summed E-state index contributed by atoms with van der Waals surface area (Å²) in [5.74, 6) is -1.24. The number of likely N-dealkylation sites (tertiary alicyclic amines) is 2. The van der Waals surface area contributed by atoms with E-state index >= 15 is 0 Å². The van der Waals surface area contributed by atoms with E-state index in [1.54, 1.807) is 4.90 Å². The molecule has 2 rings (SSSR count). The molecule has 1 N–H and O–H groups in total. The molecule has 2 heterocycles. The average molecular weight is 298 g/mol. The third kappa shape index (κ3) is 3.34. The van der Waals surface area contributed by atoms with Crippen LogP contribution in [0.4, 0.5) is 0 Å². The van der Waals surface area contributed by atoms with E-state index in [-0.39, 0.29) is 31.3 Å². The number of carboxylic acid groups (broad SMARTS) is 1. The first-order chi connectivity index (χ1) is 9.98. The molecule has 1 atom stereocenters. The largest absolute Gasteiger partial charge is 0.479 e.